The minimum Gasteiger partial charge on any atom is -0.497 e. The number of fused-ring (bicyclic) bond motifs is 1. The number of methoxy groups -OCH3 is 1. The number of aromatic carboxylic acids is 1. The number of aliphatic carboxylic acids is 1. The zero-order chi connectivity index (χ0) is 21.1. The molecule has 0 aliphatic rings. The minimum atomic E-state index is -1.24. The summed E-state index contributed by atoms with van der Waals surface area (Å²) < 4.78 is 5.15. The highest BCUT2D eigenvalue weighted by atomic mass is 35.5. The van der Waals surface area contributed by atoms with Crippen molar-refractivity contribution in [1.82, 2.24) is 4.98 Å². The molecule has 1 aromatic heterocycles. The van der Waals surface area contributed by atoms with Crippen LogP contribution >= 0.6 is 23.2 Å². The van der Waals surface area contributed by atoms with Crippen molar-refractivity contribution >= 4 is 51.9 Å². The van der Waals surface area contributed by atoms with Crippen molar-refractivity contribution in [3.63, 3.8) is 0 Å². The number of benzene rings is 2. The summed E-state index contributed by atoms with van der Waals surface area (Å²) in [6.45, 7) is 0. The Labute approximate surface area is 175 Å². The van der Waals surface area contributed by atoms with E-state index in [0.29, 0.717) is 32.3 Å². The first-order chi connectivity index (χ1) is 13.8. The maximum absolute atomic E-state index is 11.8. The summed E-state index contributed by atoms with van der Waals surface area (Å²) in [5.41, 5.74) is 0.851. The number of aromatic nitrogens is 1. The highest BCUT2D eigenvalue weighted by Gasteiger charge is 2.23. The van der Waals surface area contributed by atoms with Crippen LogP contribution in [-0.2, 0) is 11.2 Å². The third-order valence-electron chi connectivity index (χ3n) is 4.29. The lowest BCUT2D eigenvalue weighted by atomic mass is 10.0. The molecule has 29 heavy (non-hydrogen) atoms. The molecule has 1 atom stereocenters. The maximum Gasteiger partial charge on any atom is 0.339 e. The zero-order valence-corrected chi connectivity index (χ0v) is 16.7. The SMILES string of the molecule is COc1ccc(Cl)c(CC(Nc2nc3ccc(Cl)cc3cc2C(=O)O)C(=O)O)c1. The van der Waals surface area contributed by atoms with Crippen LogP contribution in [-0.4, -0.2) is 40.3 Å². The van der Waals surface area contributed by atoms with Crippen LogP contribution < -0.4 is 10.1 Å². The van der Waals surface area contributed by atoms with Gasteiger partial charge in [-0.1, -0.05) is 23.2 Å². The fraction of sp³-hybridized carbons (Fsp3) is 0.150. The number of carbonyl (C=O) groups is 2. The first-order valence-electron chi connectivity index (χ1n) is 8.44. The van der Waals surface area contributed by atoms with Crippen LogP contribution in [0.2, 0.25) is 10.0 Å². The van der Waals surface area contributed by atoms with Crippen LogP contribution in [0.25, 0.3) is 10.9 Å². The van der Waals surface area contributed by atoms with Crippen LogP contribution in [0.4, 0.5) is 5.82 Å². The van der Waals surface area contributed by atoms with Crippen molar-refractivity contribution in [2.75, 3.05) is 12.4 Å². The monoisotopic (exact) mass is 434 g/mol. The Kier molecular flexibility index (Phi) is 6.10. The van der Waals surface area contributed by atoms with Gasteiger partial charge < -0.3 is 20.3 Å². The topological polar surface area (TPSA) is 109 Å². The molecule has 0 spiro atoms. The average molecular weight is 435 g/mol. The molecule has 0 fully saturated rings. The summed E-state index contributed by atoms with van der Waals surface area (Å²) >= 11 is 12.1. The van der Waals surface area contributed by atoms with Crippen molar-refractivity contribution in [1.29, 1.82) is 0 Å². The van der Waals surface area contributed by atoms with Crippen molar-refractivity contribution in [2.24, 2.45) is 0 Å². The summed E-state index contributed by atoms with van der Waals surface area (Å²) in [5.74, 6) is -1.96. The van der Waals surface area contributed by atoms with E-state index in [2.05, 4.69) is 10.3 Å². The molecular formula is C20H16Cl2N2O5. The van der Waals surface area contributed by atoms with E-state index < -0.39 is 18.0 Å². The second-order valence-corrected chi connectivity index (χ2v) is 7.07. The van der Waals surface area contributed by atoms with Gasteiger partial charge in [-0.05, 0) is 48.0 Å². The smallest absolute Gasteiger partial charge is 0.339 e. The molecule has 0 aliphatic carbocycles. The van der Waals surface area contributed by atoms with E-state index in [1.807, 2.05) is 0 Å². The first kappa shape index (κ1) is 20.7. The van der Waals surface area contributed by atoms with Gasteiger partial charge in [0.05, 0.1) is 12.6 Å². The number of anilines is 1. The molecule has 0 saturated heterocycles. The number of carboxylic acid groups (broad SMARTS) is 2. The standard InChI is InChI=1S/C20H16Cl2N2O5/c1-29-13-3-4-15(22)10(7-13)9-17(20(27)28)24-18-14(19(25)26)8-11-6-12(21)2-5-16(11)23-18/h2-8,17H,9H2,1H3,(H,23,24)(H,25,26)(H,27,28). The van der Waals surface area contributed by atoms with Gasteiger partial charge in [-0.25, -0.2) is 14.6 Å². The van der Waals surface area contributed by atoms with E-state index in [0.717, 1.165) is 0 Å². The van der Waals surface area contributed by atoms with Gasteiger partial charge in [0.25, 0.3) is 0 Å². The van der Waals surface area contributed by atoms with Crippen molar-refractivity contribution in [3.8, 4) is 5.75 Å². The Morgan fingerprint density at radius 2 is 1.90 bits per heavy atom. The van der Waals surface area contributed by atoms with Crippen LogP contribution in [0.15, 0.2) is 42.5 Å². The van der Waals surface area contributed by atoms with E-state index in [1.165, 1.54) is 13.2 Å². The molecule has 3 aromatic rings. The fourth-order valence-corrected chi connectivity index (χ4v) is 3.22. The third kappa shape index (κ3) is 4.70. The summed E-state index contributed by atoms with van der Waals surface area (Å²) in [6, 6.07) is 9.96. The normalized spacial score (nSPS) is 11.8. The number of halogens is 2. The van der Waals surface area contributed by atoms with E-state index in [1.54, 1.807) is 36.4 Å². The second kappa shape index (κ2) is 8.55. The zero-order valence-electron chi connectivity index (χ0n) is 15.1. The van der Waals surface area contributed by atoms with Crippen LogP contribution in [0.1, 0.15) is 15.9 Å². The first-order valence-corrected chi connectivity index (χ1v) is 9.19. The molecule has 3 N–H and O–H groups in total. The second-order valence-electron chi connectivity index (χ2n) is 6.22. The van der Waals surface area contributed by atoms with Gasteiger partial charge in [0.2, 0.25) is 0 Å². The summed E-state index contributed by atoms with van der Waals surface area (Å²) in [4.78, 5) is 27.8. The highest BCUT2D eigenvalue weighted by Crippen LogP contribution is 2.27. The lowest BCUT2D eigenvalue weighted by Crippen LogP contribution is -2.32. The molecule has 1 unspecified atom stereocenters. The molecule has 7 nitrogen and oxygen atoms in total. The van der Waals surface area contributed by atoms with Crippen molar-refractivity contribution in [2.45, 2.75) is 12.5 Å². The summed E-state index contributed by atoms with van der Waals surface area (Å²) in [5, 5.41) is 23.3. The van der Waals surface area contributed by atoms with E-state index in [9.17, 15) is 19.8 Å². The Hall–Kier alpha value is -3.03. The fourth-order valence-electron chi connectivity index (χ4n) is 2.84. The molecule has 0 radical (unpaired) electrons. The molecular weight excluding hydrogens is 419 g/mol. The Morgan fingerprint density at radius 3 is 2.55 bits per heavy atom. The molecule has 150 valence electrons. The number of ether oxygens (including phenoxy) is 1. The van der Waals surface area contributed by atoms with E-state index in [4.69, 9.17) is 27.9 Å². The Morgan fingerprint density at radius 1 is 1.14 bits per heavy atom. The summed E-state index contributed by atoms with van der Waals surface area (Å²) in [6.07, 6.45) is -0.00917. The van der Waals surface area contributed by atoms with Gasteiger partial charge in [0.15, 0.2) is 0 Å². The summed E-state index contributed by atoms with van der Waals surface area (Å²) in [7, 11) is 1.49. The Balaban J connectivity index is 1.99. The van der Waals surface area contributed by atoms with Crippen LogP contribution in [0, 0.1) is 0 Å². The molecule has 9 heteroatoms. The number of hydrogen-bond donors (Lipinski definition) is 3. The number of carboxylic acids is 2. The van der Waals surface area contributed by atoms with Crippen LogP contribution in [0.5, 0.6) is 5.75 Å². The maximum atomic E-state index is 11.8. The lowest BCUT2D eigenvalue weighted by molar-refractivity contribution is -0.137. The van der Waals surface area contributed by atoms with Gasteiger partial charge in [-0.3, -0.25) is 0 Å². The number of rotatable bonds is 7. The lowest BCUT2D eigenvalue weighted by Gasteiger charge is -2.18. The molecule has 0 aliphatic heterocycles. The van der Waals surface area contributed by atoms with Gasteiger partial charge in [-0.15, -0.1) is 0 Å². The van der Waals surface area contributed by atoms with Crippen LogP contribution in [0.3, 0.4) is 0 Å². The number of hydrogen-bond acceptors (Lipinski definition) is 5. The van der Waals surface area contributed by atoms with Crippen molar-refractivity contribution in [3.05, 3.63) is 63.6 Å². The van der Waals surface area contributed by atoms with Gasteiger partial charge in [0.1, 0.15) is 23.2 Å². The number of nitrogens with one attached hydrogen (secondary N) is 1. The van der Waals surface area contributed by atoms with Crippen molar-refractivity contribution < 1.29 is 24.5 Å². The van der Waals surface area contributed by atoms with E-state index in [-0.39, 0.29) is 17.8 Å². The molecule has 2 aromatic carbocycles. The molecule has 0 saturated carbocycles. The highest BCUT2D eigenvalue weighted by molar-refractivity contribution is 6.31. The number of pyridine rings is 1. The van der Waals surface area contributed by atoms with Gasteiger partial charge in [0, 0.05) is 21.9 Å². The minimum absolute atomic E-state index is 0.00917. The average Bonchev–Trinajstić information content (AvgIpc) is 2.68. The van der Waals surface area contributed by atoms with Gasteiger partial charge in [-0.2, -0.15) is 0 Å². The largest absolute Gasteiger partial charge is 0.497 e. The van der Waals surface area contributed by atoms with Gasteiger partial charge >= 0.3 is 11.9 Å². The van der Waals surface area contributed by atoms with E-state index >= 15 is 0 Å². The Bertz CT molecular complexity index is 1100. The molecule has 0 bridgehead atoms. The predicted octanol–water partition coefficient (Wildman–Crippen LogP) is 4.36. The number of nitrogens with zero attached hydrogens (tertiary/aromatic N) is 1. The molecule has 1 heterocycles. The quantitative estimate of drug-likeness (QED) is 0.506. The molecule has 3 rings (SSSR count). The predicted molar refractivity (Wildman–Crippen MR) is 110 cm³/mol. The molecule has 0 amide bonds. The third-order valence-corrected chi connectivity index (χ3v) is 4.90.